The molecule has 16 heavy (non-hydrogen) atoms. The third-order valence-corrected chi connectivity index (χ3v) is 2.69. The van der Waals surface area contributed by atoms with Gasteiger partial charge in [-0.25, -0.2) is 4.79 Å². The van der Waals surface area contributed by atoms with Crippen LogP contribution in [0, 0.1) is 5.92 Å². The molecular formula is C12H24N2O2. The van der Waals surface area contributed by atoms with Crippen LogP contribution in [0.5, 0.6) is 0 Å². The highest BCUT2D eigenvalue weighted by Crippen LogP contribution is 2.15. The Labute approximate surface area is 98.1 Å². The van der Waals surface area contributed by atoms with Gasteiger partial charge in [-0.15, -0.1) is 0 Å². The second kappa shape index (κ2) is 5.04. The van der Waals surface area contributed by atoms with Crippen molar-refractivity contribution in [2.24, 2.45) is 5.92 Å². The smallest absolute Gasteiger partial charge is 0.407 e. The van der Waals surface area contributed by atoms with Gasteiger partial charge in [-0.2, -0.15) is 0 Å². The average molecular weight is 228 g/mol. The zero-order valence-corrected chi connectivity index (χ0v) is 11.0. The van der Waals surface area contributed by atoms with Gasteiger partial charge in [0.15, 0.2) is 0 Å². The van der Waals surface area contributed by atoms with Crippen molar-refractivity contribution < 1.29 is 9.53 Å². The molecule has 1 rings (SSSR count). The molecule has 0 aromatic rings. The number of carbonyl (C=O) groups is 1. The van der Waals surface area contributed by atoms with E-state index in [9.17, 15) is 4.79 Å². The van der Waals surface area contributed by atoms with Gasteiger partial charge in [-0.3, -0.25) is 0 Å². The van der Waals surface area contributed by atoms with Crippen molar-refractivity contribution in [3.63, 3.8) is 0 Å². The summed E-state index contributed by atoms with van der Waals surface area (Å²) in [6.45, 7) is 10.8. The van der Waals surface area contributed by atoms with E-state index in [4.69, 9.17) is 4.74 Å². The second-order valence-corrected chi connectivity index (χ2v) is 5.84. The average Bonchev–Trinajstić information content (AvgIpc) is 2.48. The fourth-order valence-corrected chi connectivity index (χ4v) is 1.86. The monoisotopic (exact) mass is 228 g/mol. The van der Waals surface area contributed by atoms with Gasteiger partial charge >= 0.3 is 6.09 Å². The molecule has 0 radical (unpaired) electrons. The van der Waals surface area contributed by atoms with Crippen LogP contribution in [0.15, 0.2) is 0 Å². The second-order valence-electron chi connectivity index (χ2n) is 5.84. The van der Waals surface area contributed by atoms with E-state index in [1.165, 1.54) is 0 Å². The van der Waals surface area contributed by atoms with E-state index >= 15 is 0 Å². The molecule has 0 unspecified atom stereocenters. The predicted octanol–water partition coefficient (Wildman–Crippen LogP) is 1.90. The van der Waals surface area contributed by atoms with Gasteiger partial charge in [0, 0.05) is 18.6 Å². The van der Waals surface area contributed by atoms with Crippen LogP contribution in [0.1, 0.15) is 41.0 Å². The van der Waals surface area contributed by atoms with Crippen molar-refractivity contribution >= 4 is 6.09 Å². The minimum Gasteiger partial charge on any atom is -0.444 e. The summed E-state index contributed by atoms with van der Waals surface area (Å²) < 4.78 is 5.22. The Morgan fingerprint density at radius 1 is 1.44 bits per heavy atom. The molecule has 1 saturated heterocycles. The van der Waals surface area contributed by atoms with Crippen LogP contribution in [0.3, 0.4) is 0 Å². The first-order valence-electron chi connectivity index (χ1n) is 6.01. The zero-order valence-electron chi connectivity index (χ0n) is 11.0. The molecule has 4 nitrogen and oxygen atoms in total. The molecule has 0 bridgehead atoms. The Morgan fingerprint density at radius 2 is 2.06 bits per heavy atom. The molecule has 0 aromatic heterocycles. The fraction of sp³-hybridized carbons (Fsp3) is 0.917. The third kappa shape index (κ3) is 4.39. The van der Waals surface area contributed by atoms with E-state index in [0.29, 0.717) is 12.0 Å². The van der Waals surface area contributed by atoms with Gasteiger partial charge in [0.2, 0.25) is 0 Å². The molecule has 94 valence electrons. The predicted molar refractivity (Wildman–Crippen MR) is 64.4 cm³/mol. The largest absolute Gasteiger partial charge is 0.444 e. The van der Waals surface area contributed by atoms with Crippen LogP contribution in [0.2, 0.25) is 0 Å². The number of amides is 1. The van der Waals surface area contributed by atoms with Crippen molar-refractivity contribution in [1.82, 2.24) is 10.6 Å². The Balaban J connectivity index is 2.32. The van der Waals surface area contributed by atoms with Gasteiger partial charge in [0.05, 0.1) is 0 Å². The number of alkyl carbamates (subject to hydrolysis) is 1. The van der Waals surface area contributed by atoms with Crippen molar-refractivity contribution in [1.29, 1.82) is 0 Å². The van der Waals surface area contributed by atoms with Crippen LogP contribution < -0.4 is 10.6 Å². The molecule has 1 fully saturated rings. The zero-order chi connectivity index (χ0) is 12.3. The lowest BCUT2D eigenvalue weighted by atomic mass is 10.0. The van der Waals surface area contributed by atoms with Gasteiger partial charge < -0.3 is 15.4 Å². The van der Waals surface area contributed by atoms with E-state index in [0.717, 1.165) is 13.0 Å². The fourth-order valence-electron chi connectivity index (χ4n) is 1.86. The SMILES string of the molecule is CC(C)[C@@H]1C[C@@H](NC(=O)OC(C)(C)C)CN1. The summed E-state index contributed by atoms with van der Waals surface area (Å²) in [5.41, 5.74) is -0.423. The molecule has 0 spiro atoms. The summed E-state index contributed by atoms with van der Waals surface area (Å²) in [4.78, 5) is 11.5. The number of nitrogens with one attached hydrogen (secondary N) is 2. The number of rotatable bonds is 2. The first-order chi connectivity index (χ1) is 7.28. The molecule has 1 aliphatic rings. The van der Waals surface area contributed by atoms with Gasteiger partial charge in [0.25, 0.3) is 0 Å². The standard InChI is InChI=1S/C12H24N2O2/c1-8(2)10-6-9(7-13-10)14-11(15)16-12(3,4)5/h8-10,13H,6-7H2,1-5H3,(H,14,15)/t9-,10+/m1/s1. The van der Waals surface area contributed by atoms with Crippen molar-refractivity contribution in [3.8, 4) is 0 Å². The highest BCUT2D eigenvalue weighted by molar-refractivity contribution is 5.68. The molecule has 1 heterocycles. The molecule has 2 atom stereocenters. The molecule has 0 saturated carbocycles. The summed E-state index contributed by atoms with van der Waals surface area (Å²) in [6.07, 6.45) is 0.667. The third-order valence-electron chi connectivity index (χ3n) is 2.69. The lowest BCUT2D eigenvalue weighted by Gasteiger charge is -2.21. The first-order valence-corrected chi connectivity index (χ1v) is 6.01. The summed E-state index contributed by atoms with van der Waals surface area (Å²) >= 11 is 0. The van der Waals surface area contributed by atoms with Gasteiger partial charge in [-0.1, -0.05) is 13.8 Å². The van der Waals surface area contributed by atoms with Crippen LogP contribution in [0.25, 0.3) is 0 Å². The number of ether oxygens (including phenoxy) is 1. The molecule has 2 N–H and O–H groups in total. The Morgan fingerprint density at radius 3 is 2.50 bits per heavy atom. The quantitative estimate of drug-likeness (QED) is 0.759. The van der Waals surface area contributed by atoms with Crippen molar-refractivity contribution in [3.05, 3.63) is 0 Å². The van der Waals surface area contributed by atoms with E-state index in [1.54, 1.807) is 0 Å². The maximum absolute atomic E-state index is 11.5. The van der Waals surface area contributed by atoms with Crippen LogP contribution in [-0.2, 0) is 4.74 Å². The molecule has 1 aliphatic heterocycles. The van der Waals surface area contributed by atoms with E-state index < -0.39 is 5.60 Å². The number of carbonyl (C=O) groups excluding carboxylic acids is 1. The highest BCUT2D eigenvalue weighted by Gasteiger charge is 2.28. The van der Waals surface area contributed by atoms with Gasteiger partial charge in [-0.05, 0) is 33.1 Å². The minimum atomic E-state index is -0.423. The van der Waals surface area contributed by atoms with E-state index in [-0.39, 0.29) is 12.1 Å². The van der Waals surface area contributed by atoms with Gasteiger partial charge in [0.1, 0.15) is 5.60 Å². The van der Waals surface area contributed by atoms with E-state index in [1.807, 2.05) is 20.8 Å². The molecule has 0 aromatic carbocycles. The topological polar surface area (TPSA) is 50.4 Å². The Kier molecular flexibility index (Phi) is 4.19. The number of hydrogen-bond acceptors (Lipinski definition) is 3. The van der Waals surface area contributed by atoms with Crippen molar-refractivity contribution in [2.45, 2.75) is 58.7 Å². The maximum Gasteiger partial charge on any atom is 0.407 e. The summed E-state index contributed by atoms with van der Waals surface area (Å²) in [7, 11) is 0. The minimum absolute atomic E-state index is 0.197. The normalized spacial score (nSPS) is 25.9. The van der Waals surface area contributed by atoms with Crippen LogP contribution >= 0.6 is 0 Å². The van der Waals surface area contributed by atoms with E-state index in [2.05, 4.69) is 24.5 Å². The lowest BCUT2D eigenvalue weighted by Crippen LogP contribution is -2.40. The van der Waals surface area contributed by atoms with Crippen molar-refractivity contribution in [2.75, 3.05) is 6.54 Å². The molecule has 4 heteroatoms. The summed E-state index contributed by atoms with van der Waals surface area (Å²) in [5, 5.41) is 6.30. The summed E-state index contributed by atoms with van der Waals surface area (Å²) in [6, 6.07) is 0.696. The molecular weight excluding hydrogens is 204 g/mol. The lowest BCUT2D eigenvalue weighted by molar-refractivity contribution is 0.0507. The Bertz CT molecular complexity index is 246. The summed E-state index contributed by atoms with van der Waals surface area (Å²) in [5.74, 6) is 0.602. The maximum atomic E-state index is 11.5. The van der Waals surface area contributed by atoms with Crippen LogP contribution in [-0.4, -0.2) is 30.3 Å². The highest BCUT2D eigenvalue weighted by atomic mass is 16.6. The molecule has 0 aliphatic carbocycles. The first kappa shape index (κ1) is 13.3. The van der Waals surface area contributed by atoms with Crippen LogP contribution in [0.4, 0.5) is 4.79 Å². The number of hydrogen-bond donors (Lipinski definition) is 2. The Hall–Kier alpha value is -0.770. The molecule has 1 amide bonds.